The molecule has 1 heterocycles. The molecule has 0 aliphatic carbocycles. The van der Waals surface area contributed by atoms with Gasteiger partial charge in [-0.2, -0.15) is 0 Å². The summed E-state index contributed by atoms with van der Waals surface area (Å²) in [6, 6.07) is 13.7. The lowest BCUT2D eigenvalue weighted by molar-refractivity contribution is 0.00323. The van der Waals surface area contributed by atoms with E-state index in [0.717, 1.165) is 34.6 Å². The molecule has 6 nitrogen and oxygen atoms in total. The number of benzene rings is 2. The Kier molecular flexibility index (Phi) is 6.87. The third kappa shape index (κ3) is 5.25. The van der Waals surface area contributed by atoms with Crippen LogP contribution in [-0.2, 0) is 22.5 Å². The maximum Gasteiger partial charge on any atom is 0.410 e. The molecule has 0 radical (unpaired) electrons. The van der Waals surface area contributed by atoms with Crippen LogP contribution < -0.4 is 9.47 Å². The molecular weight excluding hydrogens is 382 g/mol. The predicted molar refractivity (Wildman–Crippen MR) is 115 cm³/mol. The van der Waals surface area contributed by atoms with Gasteiger partial charge in [0.1, 0.15) is 23.7 Å². The molecule has 0 aromatic heterocycles. The van der Waals surface area contributed by atoms with Crippen molar-refractivity contribution in [1.29, 1.82) is 0 Å². The summed E-state index contributed by atoms with van der Waals surface area (Å²) < 4.78 is 22.4. The minimum absolute atomic E-state index is 0.183. The highest BCUT2D eigenvalue weighted by molar-refractivity contribution is 5.69. The lowest BCUT2D eigenvalue weighted by Crippen LogP contribution is -2.44. The first-order valence-corrected chi connectivity index (χ1v) is 10.2. The van der Waals surface area contributed by atoms with Crippen molar-refractivity contribution in [3.05, 3.63) is 59.2 Å². The Morgan fingerprint density at radius 1 is 1.13 bits per heavy atom. The van der Waals surface area contributed by atoms with Gasteiger partial charge in [0, 0.05) is 19.2 Å². The molecule has 162 valence electrons. The largest absolute Gasteiger partial charge is 0.496 e. The van der Waals surface area contributed by atoms with E-state index in [4.69, 9.17) is 18.9 Å². The fourth-order valence-electron chi connectivity index (χ4n) is 3.64. The Bertz CT molecular complexity index is 874. The fourth-order valence-corrected chi connectivity index (χ4v) is 3.64. The maximum absolute atomic E-state index is 12.7. The number of nitrogens with zero attached hydrogens (tertiary/aromatic N) is 1. The van der Waals surface area contributed by atoms with Gasteiger partial charge in [-0.3, -0.25) is 4.90 Å². The van der Waals surface area contributed by atoms with Crippen LogP contribution in [0.3, 0.4) is 0 Å². The second kappa shape index (κ2) is 9.39. The van der Waals surface area contributed by atoms with Crippen LogP contribution in [-0.4, -0.2) is 44.0 Å². The van der Waals surface area contributed by atoms with E-state index in [-0.39, 0.29) is 12.1 Å². The van der Waals surface area contributed by atoms with Crippen molar-refractivity contribution in [3.63, 3.8) is 0 Å². The number of carbonyl (C=O) groups excluding carboxylic acids is 1. The Morgan fingerprint density at radius 3 is 2.60 bits per heavy atom. The van der Waals surface area contributed by atoms with Gasteiger partial charge in [0.15, 0.2) is 0 Å². The van der Waals surface area contributed by atoms with Gasteiger partial charge in [0.2, 0.25) is 0 Å². The quantitative estimate of drug-likeness (QED) is 0.684. The van der Waals surface area contributed by atoms with Crippen LogP contribution in [0.5, 0.6) is 11.5 Å². The first kappa shape index (κ1) is 22.0. The van der Waals surface area contributed by atoms with E-state index < -0.39 is 5.60 Å². The molecule has 0 bridgehead atoms. The summed E-state index contributed by atoms with van der Waals surface area (Å²) in [5, 5.41) is 0. The van der Waals surface area contributed by atoms with Crippen molar-refractivity contribution in [1.82, 2.24) is 4.90 Å². The van der Waals surface area contributed by atoms with Crippen LogP contribution in [0.15, 0.2) is 42.5 Å². The molecule has 0 spiro atoms. The van der Waals surface area contributed by atoms with Gasteiger partial charge < -0.3 is 18.9 Å². The topological polar surface area (TPSA) is 57.2 Å². The molecule has 0 unspecified atom stereocenters. The first-order valence-electron chi connectivity index (χ1n) is 10.2. The molecule has 0 N–H and O–H groups in total. The average molecular weight is 414 g/mol. The summed E-state index contributed by atoms with van der Waals surface area (Å²) in [6.07, 6.45) is 0.424. The average Bonchev–Trinajstić information content (AvgIpc) is 2.71. The zero-order chi connectivity index (χ0) is 21.7. The van der Waals surface area contributed by atoms with Crippen molar-refractivity contribution in [2.45, 2.75) is 45.4 Å². The molecule has 2 aromatic carbocycles. The van der Waals surface area contributed by atoms with E-state index in [0.29, 0.717) is 19.8 Å². The van der Waals surface area contributed by atoms with Gasteiger partial charge in [-0.25, -0.2) is 4.79 Å². The minimum Gasteiger partial charge on any atom is -0.496 e. The van der Waals surface area contributed by atoms with E-state index in [1.165, 1.54) is 0 Å². The number of hydrogen-bond acceptors (Lipinski definition) is 5. The second-order valence-electron chi connectivity index (χ2n) is 8.36. The number of hydrogen-bond donors (Lipinski definition) is 0. The lowest BCUT2D eigenvalue weighted by Gasteiger charge is -2.37. The summed E-state index contributed by atoms with van der Waals surface area (Å²) in [7, 11) is 3.30. The Balaban J connectivity index is 1.76. The number of rotatable bonds is 6. The smallest absolute Gasteiger partial charge is 0.410 e. The van der Waals surface area contributed by atoms with Gasteiger partial charge in [0.05, 0.1) is 19.8 Å². The van der Waals surface area contributed by atoms with Crippen molar-refractivity contribution in [2.24, 2.45) is 0 Å². The molecule has 1 atom stereocenters. The van der Waals surface area contributed by atoms with Crippen LogP contribution in [0.25, 0.3) is 0 Å². The van der Waals surface area contributed by atoms with Crippen molar-refractivity contribution >= 4 is 6.09 Å². The molecule has 0 saturated heterocycles. The summed E-state index contributed by atoms with van der Waals surface area (Å²) in [4.78, 5) is 14.5. The SMILES string of the molecule is COC[C@H]1c2ccc(OCc3ccccc3OC)cc2CCN1C(=O)OC(C)(C)C. The first-order chi connectivity index (χ1) is 14.3. The number of carbonyl (C=O) groups is 1. The molecule has 0 fully saturated rings. The van der Waals surface area contributed by atoms with Gasteiger partial charge in [0.25, 0.3) is 0 Å². The van der Waals surface area contributed by atoms with Gasteiger partial charge in [-0.1, -0.05) is 24.3 Å². The van der Waals surface area contributed by atoms with E-state index in [2.05, 4.69) is 6.07 Å². The summed E-state index contributed by atoms with van der Waals surface area (Å²) in [5.74, 6) is 1.60. The highest BCUT2D eigenvalue weighted by Gasteiger charge is 2.33. The van der Waals surface area contributed by atoms with Crippen LogP contribution in [0.4, 0.5) is 4.79 Å². The zero-order valence-electron chi connectivity index (χ0n) is 18.4. The summed E-state index contributed by atoms with van der Waals surface area (Å²) in [6.45, 7) is 7.03. The fraction of sp³-hybridized carbons (Fsp3) is 0.458. The van der Waals surface area contributed by atoms with E-state index in [1.54, 1.807) is 19.1 Å². The molecule has 3 rings (SSSR count). The van der Waals surface area contributed by atoms with Crippen molar-refractivity contribution in [2.75, 3.05) is 27.4 Å². The van der Waals surface area contributed by atoms with Gasteiger partial charge in [-0.05, 0) is 56.5 Å². The highest BCUT2D eigenvalue weighted by Crippen LogP contribution is 2.34. The normalized spacial score (nSPS) is 16.0. The van der Waals surface area contributed by atoms with E-state index >= 15 is 0 Å². The molecule has 6 heteroatoms. The van der Waals surface area contributed by atoms with E-state index in [1.807, 2.05) is 57.2 Å². The highest BCUT2D eigenvalue weighted by atomic mass is 16.6. The monoisotopic (exact) mass is 413 g/mol. The van der Waals surface area contributed by atoms with Gasteiger partial charge >= 0.3 is 6.09 Å². The molecular formula is C24H31NO5. The molecule has 1 amide bonds. The molecule has 1 aliphatic rings. The van der Waals surface area contributed by atoms with E-state index in [9.17, 15) is 4.79 Å². The van der Waals surface area contributed by atoms with Crippen LogP contribution >= 0.6 is 0 Å². The summed E-state index contributed by atoms with van der Waals surface area (Å²) in [5.41, 5.74) is 2.68. The Hall–Kier alpha value is -2.73. The molecule has 2 aromatic rings. The summed E-state index contributed by atoms with van der Waals surface area (Å²) >= 11 is 0. The van der Waals surface area contributed by atoms with Gasteiger partial charge in [-0.15, -0.1) is 0 Å². The van der Waals surface area contributed by atoms with Crippen molar-refractivity contribution < 1.29 is 23.7 Å². The maximum atomic E-state index is 12.7. The Labute approximate surface area is 178 Å². The minimum atomic E-state index is -0.537. The Morgan fingerprint density at radius 2 is 1.90 bits per heavy atom. The predicted octanol–water partition coefficient (Wildman–Crippen LogP) is 4.75. The van der Waals surface area contributed by atoms with Crippen LogP contribution in [0, 0.1) is 0 Å². The van der Waals surface area contributed by atoms with Crippen molar-refractivity contribution in [3.8, 4) is 11.5 Å². The third-order valence-corrected chi connectivity index (χ3v) is 5.01. The number of fused-ring (bicyclic) bond motifs is 1. The second-order valence-corrected chi connectivity index (χ2v) is 8.36. The van der Waals surface area contributed by atoms with Crippen LogP contribution in [0.1, 0.15) is 43.5 Å². The van der Waals surface area contributed by atoms with Crippen LogP contribution in [0.2, 0.25) is 0 Å². The number of ether oxygens (including phenoxy) is 4. The third-order valence-electron chi connectivity index (χ3n) is 5.01. The number of methoxy groups -OCH3 is 2. The zero-order valence-corrected chi connectivity index (χ0v) is 18.4. The standard InChI is InChI=1S/C24H31NO5/c1-24(2,3)30-23(26)25-13-12-17-14-19(10-11-20(17)21(25)16-27-4)29-15-18-8-6-7-9-22(18)28-5/h6-11,14,21H,12-13,15-16H2,1-5H3/t21-/m0/s1. The molecule has 1 aliphatic heterocycles. The number of amides is 1. The molecule has 0 saturated carbocycles. The number of para-hydroxylation sites is 1. The molecule has 30 heavy (non-hydrogen) atoms. The lowest BCUT2D eigenvalue weighted by atomic mass is 9.93.